The quantitative estimate of drug-likeness (QED) is 0.926. The molecular formula is C13H18BrNO2S. The molecule has 0 radical (unpaired) electrons. The Morgan fingerprint density at radius 3 is 2.89 bits per heavy atom. The predicted octanol–water partition coefficient (Wildman–Crippen LogP) is 3.00. The number of aryl methyl sites for hydroxylation is 1. The fourth-order valence-electron chi connectivity index (χ4n) is 2.35. The highest BCUT2D eigenvalue weighted by Gasteiger charge is 2.24. The van der Waals surface area contributed by atoms with Gasteiger partial charge in [0.2, 0.25) is 0 Å². The fourth-order valence-corrected chi connectivity index (χ4v) is 4.40. The van der Waals surface area contributed by atoms with E-state index in [4.69, 9.17) is 0 Å². The van der Waals surface area contributed by atoms with Gasteiger partial charge in [-0.1, -0.05) is 22.9 Å². The van der Waals surface area contributed by atoms with E-state index in [1.54, 1.807) is 0 Å². The van der Waals surface area contributed by atoms with E-state index >= 15 is 0 Å². The first-order valence-corrected chi connectivity index (χ1v) is 8.87. The minimum absolute atomic E-state index is 0.0511. The van der Waals surface area contributed by atoms with Crippen LogP contribution in [0.25, 0.3) is 0 Å². The molecule has 0 amide bonds. The third kappa shape index (κ3) is 3.48. The molecule has 1 aliphatic rings. The molecule has 0 aromatic heterocycles. The van der Waals surface area contributed by atoms with Gasteiger partial charge < -0.3 is 5.32 Å². The Balaban J connectivity index is 2.14. The lowest BCUT2D eigenvalue weighted by atomic mass is 10.1. The van der Waals surface area contributed by atoms with Gasteiger partial charge in [-0.2, -0.15) is 0 Å². The Morgan fingerprint density at radius 1 is 1.44 bits per heavy atom. The maximum atomic E-state index is 11.6. The third-order valence-corrected chi connectivity index (χ3v) is 5.59. The zero-order valence-corrected chi connectivity index (χ0v) is 12.9. The van der Waals surface area contributed by atoms with Gasteiger partial charge in [0.1, 0.15) is 0 Å². The molecule has 1 atom stereocenters. The van der Waals surface area contributed by atoms with E-state index in [0.717, 1.165) is 29.4 Å². The molecule has 1 unspecified atom stereocenters. The molecule has 0 spiro atoms. The summed E-state index contributed by atoms with van der Waals surface area (Å²) in [5.41, 5.74) is 2.27. The second-order valence-corrected chi connectivity index (χ2v) is 7.90. The van der Waals surface area contributed by atoms with Crippen LogP contribution in [0.15, 0.2) is 22.7 Å². The van der Waals surface area contributed by atoms with E-state index in [1.165, 1.54) is 5.56 Å². The fraction of sp³-hybridized carbons (Fsp3) is 0.538. The summed E-state index contributed by atoms with van der Waals surface area (Å²) in [5, 5.41) is 3.38. The normalized spacial score (nSPS) is 22.7. The maximum absolute atomic E-state index is 11.6. The average Bonchev–Trinajstić information content (AvgIpc) is 2.30. The molecule has 100 valence electrons. The first-order chi connectivity index (χ1) is 8.50. The summed E-state index contributed by atoms with van der Waals surface area (Å²) in [6, 6.07) is 6.14. The molecule has 2 rings (SSSR count). The van der Waals surface area contributed by atoms with Crippen LogP contribution < -0.4 is 5.32 Å². The van der Waals surface area contributed by atoms with Crippen LogP contribution in [-0.4, -0.2) is 26.0 Å². The van der Waals surface area contributed by atoms with Crippen molar-refractivity contribution in [2.75, 3.05) is 16.8 Å². The van der Waals surface area contributed by atoms with E-state index in [1.807, 2.05) is 12.1 Å². The highest BCUT2D eigenvalue weighted by molar-refractivity contribution is 9.10. The molecule has 1 saturated heterocycles. The summed E-state index contributed by atoms with van der Waals surface area (Å²) < 4.78 is 24.3. The Bertz CT molecular complexity index is 528. The molecule has 0 saturated carbocycles. The topological polar surface area (TPSA) is 46.2 Å². The van der Waals surface area contributed by atoms with E-state index in [-0.39, 0.29) is 11.8 Å². The minimum Gasteiger partial charge on any atom is -0.381 e. The monoisotopic (exact) mass is 331 g/mol. The Kier molecular flexibility index (Phi) is 4.33. The highest BCUT2D eigenvalue weighted by Crippen LogP contribution is 2.24. The summed E-state index contributed by atoms with van der Waals surface area (Å²) in [5.74, 6) is 0.596. The molecule has 0 aliphatic carbocycles. The number of anilines is 1. The molecule has 18 heavy (non-hydrogen) atoms. The van der Waals surface area contributed by atoms with Gasteiger partial charge in [0.25, 0.3) is 0 Å². The zero-order valence-electron chi connectivity index (χ0n) is 10.4. The van der Waals surface area contributed by atoms with E-state index in [2.05, 4.69) is 34.2 Å². The van der Waals surface area contributed by atoms with Crippen LogP contribution in [-0.2, 0) is 16.3 Å². The van der Waals surface area contributed by atoms with Crippen LogP contribution >= 0.6 is 15.9 Å². The molecule has 1 aliphatic heterocycles. The lowest BCUT2D eigenvalue weighted by Crippen LogP contribution is -2.35. The second kappa shape index (κ2) is 5.61. The number of hydrogen-bond acceptors (Lipinski definition) is 3. The van der Waals surface area contributed by atoms with Gasteiger partial charge >= 0.3 is 0 Å². The van der Waals surface area contributed by atoms with Crippen molar-refractivity contribution in [3.8, 4) is 0 Å². The first kappa shape index (κ1) is 13.9. The summed E-state index contributed by atoms with van der Waals surface area (Å²) in [6.07, 6.45) is 2.62. The van der Waals surface area contributed by atoms with Gasteiger partial charge in [-0.05, 0) is 43.0 Å². The van der Waals surface area contributed by atoms with E-state index < -0.39 is 9.84 Å². The molecule has 1 fully saturated rings. The number of halogens is 1. The van der Waals surface area contributed by atoms with Gasteiger partial charge in [-0.15, -0.1) is 0 Å². The number of sulfone groups is 1. The summed E-state index contributed by atoms with van der Waals surface area (Å²) >= 11 is 3.46. The van der Waals surface area contributed by atoms with Crippen molar-refractivity contribution < 1.29 is 8.42 Å². The van der Waals surface area contributed by atoms with Crippen LogP contribution in [0.2, 0.25) is 0 Å². The van der Waals surface area contributed by atoms with Crippen LogP contribution in [0, 0.1) is 0 Å². The Hall–Kier alpha value is -0.550. The van der Waals surface area contributed by atoms with Gasteiger partial charge in [0, 0.05) is 16.2 Å². The summed E-state index contributed by atoms with van der Waals surface area (Å²) in [6.45, 7) is 2.10. The molecule has 1 heterocycles. The van der Waals surface area contributed by atoms with Crippen molar-refractivity contribution in [2.45, 2.75) is 32.2 Å². The smallest absolute Gasteiger partial charge is 0.152 e. The maximum Gasteiger partial charge on any atom is 0.152 e. The van der Waals surface area contributed by atoms with E-state index in [9.17, 15) is 8.42 Å². The SMILES string of the molecule is CCc1cc(Br)ccc1NC1CCCS(=O)(=O)C1. The first-order valence-electron chi connectivity index (χ1n) is 6.25. The van der Waals surface area contributed by atoms with E-state index in [0.29, 0.717) is 5.75 Å². The lowest BCUT2D eigenvalue weighted by molar-refractivity contribution is 0.562. The molecule has 5 heteroatoms. The average molecular weight is 332 g/mol. The largest absolute Gasteiger partial charge is 0.381 e. The van der Waals surface area contributed by atoms with Gasteiger partial charge in [0.05, 0.1) is 11.5 Å². The Labute approximate surface area is 117 Å². The standard InChI is InChI=1S/C13H18BrNO2S/c1-2-10-8-11(14)5-6-13(10)15-12-4-3-7-18(16,17)9-12/h5-6,8,12,15H,2-4,7,9H2,1H3. The highest BCUT2D eigenvalue weighted by atomic mass is 79.9. The van der Waals surface area contributed by atoms with Crippen molar-refractivity contribution in [3.05, 3.63) is 28.2 Å². The molecule has 1 N–H and O–H groups in total. The van der Waals surface area contributed by atoms with Crippen molar-refractivity contribution in [1.29, 1.82) is 0 Å². The van der Waals surface area contributed by atoms with Gasteiger partial charge in [0.15, 0.2) is 9.84 Å². The van der Waals surface area contributed by atoms with Crippen LogP contribution in [0.5, 0.6) is 0 Å². The molecule has 1 aromatic rings. The zero-order chi connectivity index (χ0) is 13.2. The minimum atomic E-state index is -2.85. The third-order valence-electron chi connectivity index (χ3n) is 3.27. The molecule has 3 nitrogen and oxygen atoms in total. The van der Waals surface area contributed by atoms with Gasteiger partial charge in [-0.25, -0.2) is 8.42 Å². The molecule has 0 bridgehead atoms. The van der Waals surface area contributed by atoms with Crippen molar-refractivity contribution in [2.24, 2.45) is 0 Å². The summed E-state index contributed by atoms with van der Waals surface area (Å²) in [7, 11) is -2.85. The predicted molar refractivity (Wildman–Crippen MR) is 78.8 cm³/mol. The Morgan fingerprint density at radius 2 is 2.22 bits per heavy atom. The number of nitrogens with one attached hydrogen (secondary N) is 1. The van der Waals surface area contributed by atoms with Crippen LogP contribution in [0.3, 0.4) is 0 Å². The van der Waals surface area contributed by atoms with Crippen molar-refractivity contribution >= 4 is 31.5 Å². The molecular weight excluding hydrogens is 314 g/mol. The van der Waals surface area contributed by atoms with Gasteiger partial charge in [-0.3, -0.25) is 0 Å². The number of rotatable bonds is 3. The molecule has 1 aromatic carbocycles. The van der Waals surface area contributed by atoms with Crippen molar-refractivity contribution in [1.82, 2.24) is 0 Å². The number of hydrogen-bond donors (Lipinski definition) is 1. The van der Waals surface area contributed by atoms with Crippen LogP contribution in [0.4, 0.5) is 5.69 Å². The summed E-state index contributed by atoms with van der Waals surface area (Å²) in [4.78, 5) is 0. The number of benzene rings is 1. The second-order valence-electron chi connectivity index (χ2n) is 4.75. The van der Waals surface area contributed by atoms with Crippen molar-refractivity contribution in [3.63, 3.8) is 0 Å². The lowest BCUT2D eigenvalue weighted by Gasteiger charge is -2.25. The van der Waals surface area contributed by atoms with Crippen LogP contribution in [0.1, 0.15) is 25.3 Å².